The van der Waals surface area contributed by atoms with Crippen molar-refractivity contribution < 1.29 is 14.3 Å². The monoisotopic (exact) mass is 372 g/mol. The van der Waals surface area contributed by atoms with Gasteiger partial charge in [-0.15, -0.1) is 0 Å². The summed E-state index contributed by atoms with van der Waals surface area (Å²) in [4.78, 5) is 16.8. The summed E-state index contributed by atoms with van der Waals surface area (Å²) in [6.45, 7) is 7.86. The van der Waals surface area contributed by atoms with Crippen LogP contribution >= 0.6 is 0 Å². The molecule has 2 aliphatic rings. The lowest BCUT2D eigenvalue weighted by Gasteiger charge is -2.37. The van der Waals surface area contributed by atoms with E-state index in [1.807, 2.05) is 11.0 Å². The van der Waals surface area contributed by atoms with Crippen molar-refractivity contribution in [3.8, 4) is 0 Å². The van der Waals surface area contributed by atoms with Crippen LogP contribution in [0, 0.1) is 12.8 Å². The summed E-state index contributed by atoms with van der Waals surface area (Å²) >= 11 is 0. The topological polar surface area (TPSA) is 42.0 Å². The predicted octanol–water partition coefficient (Wildman–Crippen LogP) is 2.29. The number of piperidine rings is 1. The van der Waals surface area contributed by atoms with Gasteiger partial charge in [0.2, 0.25) is 5.91 Å². The highest BCUT2D eigenvalue weighted by atomic mass is 16.5. The summed E-state index contributed by atoms with van der Waals surface area (Å²) in [6.07, 6.45) is 5.79. The molecule has 0 N–H and O–H groups in total. The van der Waals surface area contributed by atoms with Crippen LogP contribution in [0.1, 0.15) is 17.5 Å². The lowest BCUT2D eigenvalue weighted by atomic mass is 9.87. The first-order valence-corrected chi connectivity index (χ1v) is 9.99. The minimum absolute atomic E-state index is 0.0934. The van der Waals surface area contributed by atoms with Crippen LogP contribution in [-0.4, -0.2) is 74.9 Å². The van der Waals surface area contributed by atoms with E-state index < -0.39 is 0 Å². The lowest BCUT2D eigenvalue weighted by Crippen LogP contribution is -2.47. The number of morpholine rings is 1. The molecule has 0 aliphatic carbocycles. The quantitative estimate of drug-likeness (QED) is 0.719. The van der Waals surface area contributed by atoms with E-state index in [2.05, 4.69) is 36.1 Å². The maximum absolute atomic E-state index is 12.6. The summed E-state index contributed by atoms with van der Waals surface area (Å²) in [5.74, 6) is 0.553. The fraction of sp³-hybridized carbons (Fsp3) is 0.591. The van der Waals surface area contributed by atoms with Crippen molar-refractivity contribution >= 4 is 5.91 Å². The number of carbonyl (C=O) groups is 1. The van der Waals surface area contributed by atoms with Crippen molar-refractivity contribution in [1.82, 2.24) is 9.80 Å². The molecule has 5 heteroatoms. The molecule has 2 saturated heterocycles. The highest BCUT2D eigenvalue weighted by molar-refractivity contribution is 5.87. The minimum atomic E-state index is 0.0934. The third-order valence-corrected chi connectivity index (χ3v) is 5.62. The number of methoxy groups -OCH3 is 1. The molecule has 148 valence electrons. The van der Waals surface area contributed by atoms with Crippen LogP contribution in [0.5, 0.6) is 0 Å². The Bertz CT molecular complexity index is 640. The summed E-state index contributed by atoms with van der Waals surface area (Å²) in [5.41, 5.74) is 2.65. The molecule has 3 rings (SSSR count). The van der Waals surface area contributed by atoms with Gasteiger partial charge in [-0.2, -0.15) is 0 Å². The van der Waals surface area contributed by atoms with Crippen LogP contribution in [0.3, 0.4) is 0 Å². The summed E-state index contributed by atoms with van der Waals surface area (Å²) < 4.78 is 11.1. The number of benzene rings is 1. The maximum atomic E-state index is 12.6. The van der Waals surface area contributed by atoms with E-state index in [-0.39, 0.29) is 12.0 Å². The van der Waals surface area contributed by atoms with Crippen molar-refractivity contribution in [3.63, 3.8) is 0 Å². The molecule has 1 amide bonds. The Hall–Kier alpha value is -1.69. The van der Waals surface area contributed by atoms with Gasteiger partial charge in [-0.25, -0.2) is 0 Å². The average Bonchev–Trinajstić information content (AvgIpc) is 2.69. The summed E-state index contributed by atoms with van der Waals surface area (Å²) in [7, 11) is 1.76. The summed E-state index contributed by atoms with van der Waals surface area (Å²) in [6, 6.07) is 8.68. The molecule has 2 fully saturated rings. The molecule has 0 unspecified atom stereocenters. The van der Waals surface area contributed by atoms with Crippen LogP contribution in [0.15, 0.2) is 36.4 Å². The van der Waals surface area contributed by atoms with Gasteiger partial charge in [-0.3, -0.25) is 9.69 Å². The van der Waals surface area contributed by atoms with Gasteiger partial charge in [-0.1, -0.05) is 35.9 Å². The van der Waals surface area contributed by atoms with Gasteiger partial charge in [-0.05, 0) is 31.2 Å². The molecule has 2 aliphatic heterocycles. The first kappa shape index (κ1) is 20.1. The molecule has 0 saturated carbocycles. The fourth-order valence-corrected chi connectivity index (χ4v) is 4.00. The van der Waals surface area contributed by atoms with Gasteiger partial charge in [0, 0.05) is 45.9 Å². The van der Waals surface area contributed by atoms with Gasteiger partial charge in [0.15, 0.2) is 0 Å². The maximum Gasteiger partial charge on any atom is 0.246 e. The zero-order valence-electron chi connectivity index (χ0n) is 16.6. The second kappa shape index (κ2) is 10.0. The Morgan fingerprint density at radius 1 is 1.30 bits per heavy atom. The fourth-order valence-electron chi connectivity index (χ4n) is 4.00. The molecule has 0 spiro atoms. The van der Waals surface area contributed by atoms with Crippen LogP contribution in [0.4, 0.5) is 0 Å². The van der Waals surface area contributed by atoms with Crippen molar-refractivity contribution in [3.05, 3.63) is 47.5 Å². The molecular formula is C22H32N2O3. The van der Waals surface area contributed by atoms with Gasteiger partial charge in [0.25, 0.3) is 0 Å². The van der Waals surface area contributed by atoms with E-state index in [1.54, 1.807) is 13.2 Å². The van der Waals surface area contributed by atoms with Crippen molar-refractivity contribution in [2.45, 2.75) is 25.9 Å². The van der Waals surface area contributed by atoms with E-state index in [9.17, 15) is 4.79 Å². The summed E-state index contributed by atoms with van der Waals surface area (Å²) in [5, 5.41) is 0. The molecule has 1 aromatic rings. The van der Waals surface area contributed by atoms with E-state index in [0.717, 1.165) is 52.2 Å². The number of amides is 1. The molecule has 2 atom stereocenters. The first-order chi connectivity index (χ1) is 13.2. The van der Waals surface area contributed by atoms with E-state index in [0.29, 0.717) is 12.5 Å². The largest absolute Gasteiger partial charge is 0.379 e. The normalized spacial score (nSPS) is 24.4. The second-order valence-corrected chi connectivity index (χ2v) is 7.62. The number of ether oxygens (including phenoxy) is 2. The standard InChI is InChI=1S/C22H32N2O3/c1-18-5-3-6-19(15-18)16-20-8-10-24(17-21(20)26-2)22(25)7-4-9-23-11-13-27-14-12-23/h3-7,15,20-21H,8-14,16-17H2,1-2H3/b7-4+/t20-,21+/m1/s1. The highest BCUT2D eigenvalue weighted by Gasteiger charge is 2.30. The molecule has 2 heterocycles. The number of nitrogens with zero attached hydrogens (tertiary/aromatic N) is 2. The predicted molar refractivity (Wildman–Crippen MR) is 107 cm³/mol. The Morgan fingerprint density at radius 2 is 2.11 bits per heavy atom. The van der Waals surface area contributed by atoms with E-state index in [4.69, 9.17) is 9.47 Å². The zero-order chi connectivity index (χ0) is 19.1. The highest BCUT2D eigenvalue weighted by Crippen LogP contribution is 2.24. The van der Waals surface area contributed by atoms with Crippen molar-refractivity contribution in [1.29, 1.82) is 0 Å². The average molecular weight is 373 g/mol. The van der Waals surface area contributed by atoms with Crippen LogP contribution < -0.4 is 0 Å². The van der Waals surface area contributed by atoms with Crippen molar-refractivity contribution in [2.24, 2.45) is 5.92 Å². The van der Waals surface area contributed by atoms with Gasteiger partial charge in [0.05, 0.1) is 19.3 Å². The van der Waals surface area contributed by atoms with Gasteiger partial charge < -0.3 is 14.4 Å². The third-order valence-electron chi connectivity index (χ3n) is 5.62. The second-order valence-electron chi connectivity index (χ2n) is 7.62. The Balaban J connectivity index is 1.50. The number of likely N-dealkylation sites (tertiary alicyclic amines) is 1. The Labute approximate surface area is 162 Å². The van der Waals surface area contributed by atoms with Crippen molar-refractivity contribution in [2.75, 3.05) is 53.0 Å². The molecule has 0 radical (unpaired) electrons. The molecule has 0 bridgehead atoms. The van der Waals surface area contributed by atoms with E-state index in [1.165, 1.54) is 11.1 Å². The Kier molecular flexibility index (Phi) is 7.44. The number of hydrogen-bond donors (Lipinski definition) is 0. The number of rotatable bonds is 6. The number of hydrogen-bond acceptors (Lipinski definition) is 4. The smallest absolute Gasteiger partial charge is 0.246 e. The SMILES string of the molecule is CO[C@H]1CN(C(=O)/C=C/CN2CCOCC2)CC[C@@H]1Cc1cccc(C)c1. The molecule has 27 heavy (non-hydrogen) atoms. The Morgan fingerprint density at radius 3 is 2.85 bits per heavy atom. The minimum Gasteiger partial charge on any atom is -0.379 e. The van der Waals surface area contributed by atoms with Crippen LogP contribution in [0.2, 0.25) is 0 Å². The van der Waals surface area contributed by atoms with Crippen LogP contribution in [0.25, 0.3) is 0 Å². The third kappa shape index (κ3) is 5.89. The number of carbonyl (C=O) groups excluding carboxylic acids is 1. The van der Waals surface area contributed by atoms with Gasteiger partial charge >= 0.3 is 0 Å². The van der Waals surface area contributed by atoms with E-state index >= 15 is 0 Å². The molecular weight excluding hydrogens is 340 g/mol. The molecule has 1 aromatic carbocycles. The van der Waals surface area contributed by atoms with Gasteiger partial charge in [0.1, 0.15) is 0 Å². The zero-order valence-corrected chi connectivity index (χ0v) is 16.6. The number of aryl methyl sites for hydroxylation is 1. The molecule has 5 nitrogen and oxygen atoms in total. The lowest BCUT2D eigenvalue weighted by molar-refractivity contribution is -0.131. The van der Waals surface area contributed by atoms with Crippen LogP contribution in [-0.2, 0) is 20.7 Å². The molecule has 0 aromatic heterocycles. The first-order valence-electron chi connectivity index (χ1n) is 9.99.